The van der Waals surface area contributed by atoms with Crippen molar-refractivity contribution in [2.75, 3.05) is 31.7 Å². The van der Waals surface area contributed by atoms with Crippen molar-refractivity contribution in [1.29, 1.82) is 0 Å². The highest BCUT2D eigenvalue weighted by Gasteiger charge is 2.22. The van der Waals surface area contributed by atoms with Gasteiger partial charge in [0, 0.05) is 41.5 Å². The van der Waals surface area contributed by atoms with Gasteiger partial charge < -0.3 is 19.5 Å². The Morgan fingerprint density at radius 1 is 0.692 bits per heavy atom. The molecule has 0 saturated heterocycles. The summed E-state index contributed by atoms with van der Waals surface area (Å²) >= 11 is 0. The number of carbonyl (C=O) groups is 4. The van der Waals surface area contributed by atoms with Crippen molar-refractivity contribution in [3.8, 4) is 11.5 Å². The number of ether oxygens (including phenoxy) is 2. The molecule has 4 aromatic carbocycles. The summed E-state index contributed by atoms with van der Waals surface area (Å²) in [4.78, 5) is 52.1. The van der Waals surface area contributed by atoms with Crippen molar-refractivity contribution in [2.45, 2.75) is 79.1 Å². The van der Waals surface area contributed by atoms with Crippen molar-refractivity contribution < 1.29 is 33.8 Å². The lowest BCUT2D eigenvalue weighted by Gasteiger charge is -2.21. The van der Waals surface area contributed by atoms with Crippen LogP contribution in [0, 0.1) is 0 Å². The molecule has 0 radical (unpaired) electrons. The zero-order valence-corrected chi connectivity index (χ0v) is 31.7. The summed E-state index contributed by atoms with van der Waals surface area (Å²) in [6.45, 7) is 14.5. The Morgan fingerprint density at radius 2 is 1.27 bits per heavy atom. The number of esters is 1. The lowest BCUT2D eigenvalue weighted by atomic mass is 9.86. The third-order valence-electron chi connectivity index (χ3n) is 8.78. The molecule has 0 bridgehead atoms. The van der Waals surface area contributed by atoms with Gasteiger partial charge in [0.25, 0.3) is 0 Å². The number of phenolic OH excluding ortho intramolecular Hbond substituents is 1. The van der Waals surface area contributed by atoms with Crippen LogP contribution in [-0.4, -0.2) is 55.2 Å². The van der Waals surface area contributed by atoms with Gasteiger partial charge in [-0.25, -0.2) is 4.79 Å². The Bertz CT molecular complexity index is 1780. The monoisotopic (exact) mass is 707 g/mol. The maximum absolute atomic E-state index is 13.0. The van der Waals surface area contributed by atoms with Crippen LogP contribution < -0.4 is 9.64 Å². The number of hydrogen-bond donors (Lipinski definition) is 1. The van der Waals surface area contributed by atoms with Gasteiger partial charge in [0.15, 0.2) is 17.3 Å². The Labute approximate surface area is 308 Å². The highest BCUT2D eigenvalue weighted by Crippen LogP contribution is 2.28. The molecule has 0 saturated carbocycles. The SMILES string of the molecule is CCCCCCOC(=O)c1ccccc1C(=O)c1ccc(N(CC)CC)cc1O.COc1ccc(C(=O)CC(=O)c2ccc(C(C)(C)C)cc2)cc1. The molecular formula is C44H53NO7. The van der Waals surface area contributed by atoms with Gasteiger partial charge in [-0.1, -0.05) is 89.4 Å². The summed E-state index contributed by atoms with van der Waals surface area (Å²) in [6, 6.07) is 25.9. The van der Waals surface area contributed by atoms with E-state index in [4.69, 9.17) is 9.47 Å². The molecule has 276 valence electrons. The van der Waals surface area contributed by atoms with Crippen molar-refractivity contribution in [3.05, 3.63) is 124 Å². The Balaban J connectivity index is 0.000000288. The van der Waals surface area contributed by atoms with Crippen molar-refractivity contribution in [1.82, 2.24) is 0 Å². The number of ketones is 3. The summed E-state index contributed by atoms with van der Waals surface area (Å²) in [5, 5.41) is 10.5. The van der Waals surface area contributed by atoms with Gasteiger partial charge in [-0.3, -0.25) is 14.4 Å². The van der Waals surface area contributed by atoms with Crippen molar-refractivity contribution in [2.24, 2.45) is 0 Å². The molecular weight excluding hydrogens is 654 g/mol. The second kappa shape index (κ2) is 20.0. The maximum atomic E-state index is 13.0. The molecule has 0 aromatic heterocycles. The average Bonchev–Trinajstić information content (AvgIpc) is 3.15. The van der Waals surface area contributed by atoms with E-state index in [1.54, 1.807) is 79.9 Å². The van der Waals surface area contributed by atoms with Crippen molar-refractivity contribution >= 4 is 29.0 Å². The fourth-order valence-electron chi connectivity index (χ4n) is 5.56. The first-order valence-corrected chi connectivity index (χ1v) is 18.0. The third kappa shape index (κ3) is 11.7. The number of benzene rings is 4. The molecule has 52 heavy (non-hydrogen) atoms. The van der Waals surface area contributed by atoms with E-state index in [1.165, 1.54) is 0 Å². The minimum absolute atomic E-state index is 0.0422. The molecule has 4 rings (SSSR count). The number of anilines is 1. The predicted molar refractivity (Wildman–Crippen MR) is 207 cm³/mol. The first-order valence-electron chi connectivity index (χ1n) is 18.0. The molecule has 0 aliphatic heterocycles. The van der Waals surface area contributed by atoms with Gasteiger partial charge in [0.05, 0.1) is 31.3 Å². The topological polar surface area (TPSA) is 110 Å². The number of carbonyl (C=O) groups excluding carboxylic acids is 4. The number of nitrogens with zero attached hydrogens (tertiary/aromatic N) is 1. The number of methoxy groups -OCH3 is 1. The molecule has 8 heteroatoms. The maximum Gasteiger partial charge on any atom is 0.338 e. The van der Waals surface area contributed by atoms with E-state index in [0.29, 0.717) is 23.5 Å². The van der Waals surface area contributed by atoms with Crippen LogP contribution in [0.5, 0.6) is 11.5 Å². The summed E-state index contributed by atoms with van der Waals surface area (Å²) in [5.74, 6) is -0.659. The summed E-state index contributed by atoms with van der Waals surface area (Å²) in [5.41, 5.74) is 3.77. The summed E-state index contributed by atoms with van der Waals surface area (Å²) in [6.07, 6.45) is 3.92. The Hall–Kier alpha value is -5.24. The number of unbranched alkanes of at least 4 members (excludes halogenated alkanes) is 3. The van der Waals surface area contributed by atoms with Crippen LogP contribution in [0.2, 0.25) is 0 Å². The minimum atomic E-state index is -0.510. The molecule has 0 unspecified atom stereocenters. The fourth-order valence-corrected chi connectivity index (χ4v) is 5.56. The lowest BCUT2D eigenvalue weighted by Crippen LogP contribution is -2.21. The number of phenols is 1. The highest BCUT2D eigenvalue weighted by atomic mass is 16.5. The van der Waals surface area contributed by atoms with Crippen LogP contribution >= 0.6 is 0 Å². The summed E-state index contributed by atoms with van der Waals surface area (Å²) in [7, 11) is 1.57. The van der Waals surface area contributed by atoms with E-state index in [-0.39, 0.29) is 45.8 Å². The molecule has 0 spiro atoms. The smallest absolute Gasteiger partial charge is 0.338 e. The molecule has 4 aromatic rings. The van der Waals surface area contributed by atoms with Gasteiger partial charge in [-0.2, -0.15) is 0 Å². The number of aromatic hydroxyl groups is 1. The predicted octanol–water partition coefficient (Wildman–Crippen LogP) is 9.65. The molecule has 0 amide bonds. The second-order valence-electron chi connectivity index (χ2n) is 13.5. The van der Waals surface area contributed by atoms with Crippen LogP contribution in [0.1, 0.15) is 126 Å². The van der Waals surface area contributed by atoms with E-state index < -0.39 is 11.8 Å². The second-order valence-corrected chi connectivity index (χ2v) is 13.5. The molecule has 0 heterocycles. The third-order valence-corrected chi connectivity index (χ3v) is 8.78. The van der Waals surface area contributed by atoms with Gasteiger partial charge in [-0.05, 0) is 73.7 Å². The molecule has 0 fully saturated rings. The zero-order valence-electron chi connectivity index (χ0n) is 31.7. The Morgan fingerprint density at radius 3 is 1.79 bits per heavy atom. The van der Waals surface area contributed by atoms with Crippen LogP contribution in [-0.2, 0) is 10.2 Å². The van der Waals surface area contributed by atoms with Crippen molar-refractivity contribution in [3.63, 3.8) is 0 Å². The number of hydrogen-bond acceptors (Lipinski definition) is 8. The van der Waals surface area contributed by atoms with E-state index in [0.717, 1.165) is 50.0 Å². The number of Topliss-reactive ketones (excluding diaryl/α,β-unsaturated/α-hetero) is 2. The Kier molecular flexibility index (Phi) is 15.8. The van der Waals surface area contributed by atoms with Gasteiger partial charge in [0.1, 0.15) is 11.5 Å². The first kappa shape index (κ1) is 41.2. The van der Waals surface area contributed by atoms with E-state index in [9.17, 15) is 24.3 Å². The van der Waals surface area contributed by atoms with E-state index in [1.807, 2.05) is 32.0 Å². The molecule has 0 atom stereocenters. The zero-order chi connectivity index (χ0) is 38.3. The molecule has 8 nitrogen and oxygen atoms in total. The largest absolute Gasteiger partial charge is 0.507 e. The average molecular weight is 708 g/mol. The van der Waals surface area contributed by atoms with Crippen LogP contribution in [0.15, 0.2) is 91.0 Å². The normalized spacial score (nSPS) is 10.8. The molecule has 1 N–H and O–H groups in total. The number of rotatable bonds is 16. The van der Waals surface area contributed by atoms with Gasteiger partial charge in [0.2, 0.25) is 0 Å². The quantitative estimate of drug-likeness (QED) is 0.0531. The van der Waals surface area contributed by atoms with E-state index >= 15 is 0 Å². The van der Waals surface area contributed by atoms with Crippen LogP contribution in [0.4, 0.5) is 5.69 Å². The first-order chi connectivity index (χ1) is 24.8. The fraction of sp³-hybridized carbons (Fsp3) is 0.364. The van der Waals surface area contributed by atoms with Gasteiger partial charge in [-0.15, -0.1) is 0 Å². The minimum Gasteiger partial charge on any atom is -0.507 e. The van der Waals surface area contributed by atoms with Crippen LogP contribution in [0.3, 0.4) is 0 Å². The molecule has 0 aliphatic carbocycles. The summed E-state index contributed by atoms with van der Waals surface area (Å²) < 4.78 is 10.4. The van der Waals surface area contributed by atoms with E-state index in [2.05, 4.69) is 32.6 Å². The highest BCUT2D eigenvalue weighted by molar-refractivity contribution is 6.16. The van der Waals surface area contributed by atoms with Gasteiger partial charge >= 0.3 is 5.97 Å². The molecule has 0 aliphatic rings. The standard InChI is InChI=1S/C24H31NO4.C20H22O3/c1-4-7-8-11-16-29-24(28)20-13-10-9-12-19(20)23(27)21-15-14-18(17-22(21)26)25(5-2)6-3;1-20(2,3)16-9-5-14(6-10-16)18(21)13-19(22)15-7-11-17(23-4)12-8-15/h9-10,12-15,17,26H,4-8,11,16H2,1-3H3;5-12H,13H2,1-4H3. The van der Waals surface area contributed by atoms with Crippen LogP contribution in [0.25, 0.3) is 0 Å². The lowest BCUT2D eigenvalue weighted by molar-refractivity contribution is 0.0494.